The highest BCUT2D eigenvalue weighted by Crippen LogP contribution is 2.28. The minimum absolute atomic E-state index is 0.711. The summed E-state index contributed by atoms with van der Waals surface area (Å²) in [5, 5.41) is 1.22. The number of methoxy groups -OCH3 is 1. The fourth-order valence-electron chi connectivity index (χ4n) is 2.61. The maximum Gasteiger partial charge on any atom is 0.128 e. The first-order valence-corrected chi connectivity index (χ1v) is 6.93. The van der Waals surface area contributed by atoms with E-state index in [1.165, 1.54) is 10.9 Å². The molecule has 0 aliphatic heterocycles. The normalized spacial score (nSPS) is 11.7. The Morgan fingerprint density at radius 3 is 2.79 bits per heavy atom. The number of nitrogens with zero attached hydrogens (tertiary/aromatic N) is 1. The van der Waals surface area contributed by atoms with E-state index in [0.29, 0.717) is 5.92 Å². The highest BCUT2D eigenvalue weighted by Gasteiger charge is 2.10. The van der Waals surface area contributed by atoms with Crippen molar-refractivity contribution < 1.29 is 4.74 Å². The van der Waals surface area contributed by atoms with Crippen LogP contribution in [0.5, 0.6) is 5.75 Å². The summed E-state index contributed by atoms with van der Waals surface area (Å²) in [5.41, 5.74) is 2.49. The van der Waals surface area contributed by atoms with Crippen molar-refractivity contribution in [3.8, 4) is 5.75 Å². The van der Waals surface area contributed by atoms with Crippen molar-refractivity contribution >= 4 is 10.9 Å². The van der Waals surface area contributed by atoms with Crippen molar-refractivity contribution in [3.63, 3.8) is 0 Å². The number of rotatable bonds is 6. The number of aromatic amines is 1. The molecule has 2 rings (SSSR count). The Morgan fingerprint density at radius 2 is 2.11 bits per heavy atom. The van der Waals surface area contributed by atoms with Gasteiger partial charge in [-0.2, -0.15) is 0 Å². The summed E-state index contributed by atoms with van der Waals surface area (Å²) in [6.45, 7) is 6.72. The molecule has 0 unspecified atom stereocenters. The van der Waals surface area contributed by atoms with Crippen molar-refractivity contribution in [2.24, 2.45) is 5.92 Å². The molecule has 0 saturated heterocycles. The minimum Gasteiger partial charge on any atom is -0.496 e. The molecular formula is C16H24N2O. The van der Waals surface area contributed by atoms with Crippen molar-refractivity contribution in [1.29, 1.82) is 0 Å². The lowest BCUT2D eigenvalue weighted by Gasteiger charge is -2.18. The first kappa shape index (κ1) is 13.9. The summed E-state index contributed by atoms with van der Waals surface area (Å²) in [4.78, 5) is 5.72. The smallest absolute Gasteiger partial charge is 0.128 e. The largest absolute Gasteiger partial charge is 0.496 e. The molecule has 0 fully saturated rings. The average molecular weight is 260 g/mol. The summed E-state index contributed by atoms with van der Waals surface area (Å²) >= 11 is 0. The van der Waals surface area contributed by atoms with Gasteiger partial charge in [0.25, 0.3) is 0 Å². The fraction of sp³-hybridized carbons (Fsp3) is 0.500. The zero-order chi connectivity index (χ0) is 13.8. The highest BCUT2D eigenvalue weighted by molar-refractivity contribution is 5.89. The standard InChI is InChI=1S/C16H24N2O/c1-12(2)11-18(3)9-8-13-10-17-14-6-5-7-15(19-4)16(13)14/h5-7,10,12,17H,8-9,11H2,1-4H3. The predicted octanol–water partition coefficient (Wildman–Crippen LogP) is 3.31. The Kier molecular flexibility index (Phi) is 4.48. The molecule has 0 aliphatic carbocycles. The monoisotopic (exact) mass is 260 g/mol. The van der Waals surface area contributed by atoms with Crippen LogP contribution in [0.15, 0.2) is 24.4 Å². The van der Waals surface area contributed by atoms with Gasteiger partial charge in [0, 0.05) is 30.2 Å². The number of nitrogens with one attached hydrogen (secondary N) is 1. The molecule has 0 bridgehead atoms. The van der Waals surface area contributed by atoms with Gasteiger partial charge < -0.3 is 14.6 Å². The fourth-order valence-corrected chi connectivity index (χ4v) is 2.61. The van der Waals surface area contributed by atoms with E-state index in [9.17, 15) is 0 Å². The van der Waals surface area contributed by atoms with Gasteiger partial charge in [0.1, 0.15) is 5.75 Å². The molecule has 2 aromatic rings. The van der Waals surface area contributed by atoms with E-state index in [0.717, 1.165) is 30.8 Å². The first-order valence-electron chi connectivity index (χ1n) is 6.93. The molecule has 0 atom stereocenters. The molecule has 3 heteroatoms. The molecule has 104 valence electrons. The van der Waals surface area contributed by atoms with Gasteiger partial charge in [0.2, 0.25) is 0 Å². The molecule has 1 N–H and O–H groups in total. The number of fused-ring (bicyclic) bond motifs is 1. The SMILES string of the molecule is COc1cccc2[nH]cc(CCN(C)CC(C)C)c12. The molecular weight excluding hydrogens is 236 g/mol. The van der Waals surface area contributed by atoms with Crippen LogP contribution in [0, 0.1) is 5.92 Å². The molecule has 0 saturated carbocycles. The van der Waals surface area contributed by atoms with Crippen molar-refractivity contribution in [2.75, 3.05) is 27.2 Å². The molecule has 1 aromatic carbocycles. The summed E-state index contributed by atoms with van der Waals surface area (Å²) in [6, 6.07) is 6.14. The van der Waals surface area contributed by atoms with Gasteiger partial charge in [-0.05, 0) is 37.1 Å². The summed E-state index contributed by atoms with van der Waals surface area (Å²) < 4.78 is 5.46. The van der Waals surface area contributed by atoms with Gasteiger partial charge in [0.05, 0.1) is 7.11 Å². The van der Waals surface area contributed by atoms with Gasteiger partial charge in [-0.3, -0.25) is 0 Å². The van der Waals surface area contributed by atoms with E-state index >= 15 is 0 Å². The van der Waals surface area contributed by atoms with Crippen molar-refractivity contribution in [1.82, 2.24) is 9.88 Å². The summed E-state index contributed by atoms with van der Waals surface area (Å²) in [6.07, 6.45) is 3.15. The lowest BCUT2D eigenvalue weighted by molar-refractivity contribution is 0.299. The average Bonchev–Trinajstić information content (AvgIpc) is 2.78. The maximum absolute atomic E-state index is 5.46. The number of likely N-dealkylation sites (N-methyl/N-ethyl adjacent to an activating group) is 1. The zero-order valence-corrected chi connectivity index (χ0v) is 12.4. The summed E-state index contributed by atoms with van der Waals surface area (Å²) in [5.74, 6) is 1.67. The second kappa shape index (κ2) is 6.11. The number of ether oxygens (including phenoxy) is 1. The topological polar surface area (TPSA) is 28.3 Å². The number of aromatic nitrogens is 1. The highest BCUT2D eigenvalue weighted by atomic mass is 16.5. The Hall–Kier alpha value is -1.48. The molecule has 1 heterocycles. The van der Waals surface area contributed by atoms with Crippen LogP contribution in [0.3, 0.4) is 0 Å². The third kappa shape index (κ3) is 3.29. The molecule has 3 nitrogen and oxygen atoms in total. The van der Waals surface area contributed by atoms with Gasteiger partial charge in [-0.25, -0.2) is 0 Å². The van der Waals surface area contributed by atoms with Crippen LogP contribution in [0.2, 0.25) is 0 Å². The summed E-state index contributed by atoms with van der Waals surface area (Å²) in [7, 11) is 3.92. The van der Waals surface area contributed by atoms with Gasteiger partial charge in [0.15, 0.2) is 0 Å². The zero-order valence-electron chi connectivity index (χ0n) is 12.4. The lowest BCUT2D eigenvalue weighted by atomic mass is 10.1. The lowest BCUT2D eigenvalue weighted by Crippen LogP contribution is -2.25. The van der Waals surface area contributed by atoms with Crippen LogP contribution in [-0.4, -0.2) is 37.1 Å². The Balaban J connectivity index is 2.13. The number of H-pyrrole nitrogens is 1. The van der Waals surface area contributed by atoms with Crippen LogP contribution >= 0.6 is 0 Å². The van der Waals surface area contributed by atoms with Crippen LogP contribution in [-0.2, 0) is 6.42 Å². The molecule has 19 heavy (non-hydrogen) atoms. The maximum atomic E-state index is 5.46. The van der Waals surface area contributed by atoms with Crippen LogP contribution in [0.1, 0.15) is 19.4 Å². The molecule has 0 radical (unpaired) electrons. The van der Waals surface area contributed by atoms with E-state index in [1.807, 2.05) is 12.1 Å². The second-order valence-electron chi connectivity index (χ2n) is 5.60. The predicted molar refractivity (Wildman–Crippen MR) is 80.9 cm³/mol. The molecule has 0 aliphatic rings. The Labute approximate surface area is 115 Å². The van der Waals surface area contributed by atoms with E-state index in [-0.39, 0.29) is 0 Å². The Morgan fingerprint density at radius 1 is 1.32 bits per heavy atom. The number of benzene rings is 1. The van der Waals surface area contributed by atoms with Crippen LogP contribution < -0.4 is 4.74 Å². The molecule has 0 spiro atoms. The van der Waals surface area contributed by atoms with E-state index in [2.05, 4.69) is 43.0 Å². The van der Waals surface area contributed by atoms with E-state index < -0.39 is 0 Å². The van der Waals surface area contributed by atoms with Crippen LogP contribution in [0.25, 0.3) is 10.9 Å². The molecule has 0 amide bonds. The van der Waals surface area contributed by atoms with Gasteiger partial charge in [-0.15, -0.1) is 0 Å². The van der Waals surface area contributed by atoms with E-state index in [1.54, 1.807) is 7.11 Å². The van der Waals surface area contributed by atoms with Crippen molar-refractivity contribution in [2.45, 2.75) is 20.3 Å². The van der Waals surface area contributed by atoms with Gasteiger partial charge >= 0.3 is 0 Å². The van der Waals surface area contributed by atoms with Crippen LogP contribution in [0.4, 0.5) is 0 Å². The minimum atomic E-state index is 0.711. The third-order valence-electron chi connectivity index (χ3n) is 3.41. The first-order chi connectivity index (χ1) is 9.11. The quantitative estimate of drug-likeness (QED) is 0.863. The number of hydrogen-bond acceptors (Lipinski definition) is 2. The van der Waals surface area contributed by atoms with Crippen molar-refractivity contribution in [3.05, 3.63) is 30.0 Å². The third-order valence-corrected chi connectivity index (χ3v) is 3.41. The van der Waals surface area contributed by atoms with Gasteiger partial charge in [-0.1, -0.05) is 19.9 Å². The van der Waals surface area contributed by atoms with E-state index in [4.69, 9.17) is 4.74 Å². The molecule has 1 aromatic heterocycles. The Bertz CT molecular complexity index is 531. The second-order valence-corrected chi connectivity index (χ2v) is 5.60. The number of hydrogen-bond donors (Lipinski definition) is 1.